The summed E-state index contributed by atoms with van der Waals surface area (Å²) in [5.74, 6) is -9.99. The molecule has 4 aliphatic rings. The van der Waals surface area contributed by atoms with Crippen molar-refractivity contribution in [3.63, 3.8) is 0 Å². The number of carbonyl (C=O) groups is 5. The number of carbonyl (C=O) groups excluding carboxylic acids is 4. The van der Waals surface area contributed by atoms with Crippen molar-refractivity contribution in [1.29, 1.82) is 0 Å². The first-order chi connectivity index (χ1) is 23.8. The van der Waals surface area contributed by atoms with Crippen LogP contribution < -0.4 is 0 Å². The van der Waals surface area contributed by atoms with Crippen LogP contribution in [-0.4, -0.2) is 81.3 Å². The van der Waals surface area contributed by atoms with E-state index in [9.17, 15) is 39.3 Å². The highest BCUT2D eigenvalue weighted by molar-refractivity contribution is 5.88. The summed E-state index contributed by atoms with van der Waals surface area (Å²) >= 11 is 0. The molecule has 13 nitrogen and oxygen atoms in total. The maximum absolute atomic E-state index is 13.8. The fourth-order valence-electron chi connectivity index (χ4n) is 9.21. The van der Waals surface area contributed by atoms with Crippen molar-refractivity contribution in [3.05, 3.63) is 60.1 Å². The summed E-state index contributed by atoms with van der Waals surface area (Å²) < 4.78 is 28.7. The molecule has 1 saturated heterocycles. The normalized spacial score (nSPS) is 39.1. The van der Waals surface area contributed by atoms with Crippen LogP contribution in [0.5, 0.6) is 0 Å². The van der Waals surface area contributed by atoms with Crippen molar-refractivity contribution in [2.75, 3.05) is 6.61 Å². The summed E-state index contributed by atoms with van der Waals surface area (Å²) in [5, 5.41) is 35.7. The Kier molecular flexibility index (Phi) is 9.98. The van der Waals surface area contributed by atoms with E-state index >= 15 is 0 Å². The number of esters is 4. The van der Waals surface area contributed by atoms with E-state index < -0.39 is 99.8 Å². The SMILES string of the molecule is C=C1C(C2(C)C=CC(=O)OC3(C)COC(=O)CC32)C(C(=O)O)C(OC(=O)C(O)C(C)CC)C2(C)C(c3ccoc3)CC(OC(=O)C(C)=CC)C12O. The van der Waals surface area contributed by atoms with Crippen molar-refractivity contribution < 1.29 is 62.7 Å². The van der Waals surface area contributed by atoms with Crippen LogP contribution in [0.25, 0.3) is 0 Å². The molecule has 3 heterocycles. The first-order valence-corrected chi connectivity index (χ1v) is 17.3. The molecule has 1 aromatic heterocycles. The quantitative estimate of drug-likeness (QED) is 0.144. The molecule has 12 unspecified atom stereocenters. The monoisotopic (exact) mass is 712 g/mol. The number of aliphatic hydroxyl groups is 2. The van der Waals surface area contributed by atoms with Gasteiger partial charge in [0.05, 0.1) is 18.9 Å². The van der Waals surface area contributed by atoms with Gasteiger partial charge in [-0.05, 0) is 50.3 Å². The van der Waals surface area contributed by atoms with Crippen LogP contribution in [0.3, 0.4) is 0 Å². The molecular formula is C38H48O13. The Morgan fingerprint density at radius 2 is 1.86 bits per heavy atom. The predicted molar refractivity (Wildman–Crippen MR) is 178 cm³/mol. The first kappa shape index (κ1) is 38.0. The number of rotatable bonds is 9. The summed E-state index contributed by atoms with van der Waals surface area (Å²) in [6.07, 6.45) is 2.34. The molecule has 2 aliphatic carbocycles. The lowest BCUT2D eigenvalue weighted by Crippen LogP contribution is -2.70. The number of hydrogen-bond acceptors (Lipinski definition) is 12. The van der Waals surface area contributed by atoms with Gasteiger partial charge in [-0.15, -0.1) is 0 Å². The van der Waals surface area contributed by atoms with Gasteiger partial charge in [0.15, 0.2) is 6.10 Å². The van der Waals surface area contributed by atoms with Crippen LogP contribution >= 0.6 is 0 Å². The van der Waals surface area contributed by atoms with Gasteiger partial charge in [0, 0.05) is 40.2 Å². The number of cyclic esters (lactones) is 1. The van der Waals surface area contributed by atoms with E-state index in [4.69, 9.17) is 23.4 Å². The van der Waals surface area contributed by atoms with Crippen LogP contribution in [0, 0.1) is 34.5 Å². The summed E-state index contributed by atoms with van der Waals surface area (Å²) in [4.78, 5) is 66.9. The molecular weight excluding hydrogens is 664 g/mol. The second-order valence-corrected chi connectivity index (χ2v) is 15.2. The molecule has 2 aliphatic heterocycles. The third-order valence-electron chi connectivity index (χ3n) is 12.5. The van der Waals surface area contributed by atoms with Gasteiger partial charge >= 0.3 is 29.8 Å². The standard InChI is InChI=1S/C38H48O13/c1-9-19(3)30(41)34(45)50-31-28(32(42)43)29(35(6)13-11-26(39)51-36(7)18-48-27(40)16-24(35)36)21(5)38(46)25(49-33(44)20(4)10-2)15-23(37(31,38)8)22-12-14-47-17-22/h10-14,17,19,23-25,28-31,41,46H,5,9,15-16,18H2,1-4,6-8H3,(H,42,43). The molecule has 0 aromatic carbocycles. The summed E-state index contributed by atoms with van der Waals surface area (Å²) in [7, 11) is 0. The van der Waals surface area contributed by atoms with E-state index in [1.54, 1.807) is 60.6 Å². The molecule has 3 N–H and O–H groups in total. The van der Waals surface area contributed by atoms with E-state index in [2.05, 4.69) is 6.58 Å². The number of allylic oxidation sites excluding steroid dienone is 2. The molecule has 5 rings (SSSR count). The lowest BCUT2D eigenvalue weighted by molar-refractivity contribution is -0.231. The van der Waals surface area contributed by atoms with Crippen LogP contribution in [0.4, 0.5) is 0 Å². The Hall–Kier alpha value is -4.23. The maximum Gasteiger partial charge on any atom is 0.335 e. The zero-order chi connectivity index (χ0) is 37.8. The second-order valence-electron chi connectivity index (χ2n) is 15.2. The molecule has 0 radical (unpaired) electrons. The van der Waals surface area contributed by atoms with Crippen molar-refractivity contribution in [2.45, 2.75) is 103 Å². The minimum absolute atomic E-state index is 0.0584. The van der Waals surface area contributed by atoms with Crippen molar-refractivity contribution in [3.8, 4) is 0 Å². The van der Waals surface area contributed by atoms with Crippen molar-refractivity contribution in [1.82, 2.24) is 0 Å². The highest BCUT2D eigenvalue weighted by atomic mass is 16.6. The van der Waals surface area contributed by atoms with Gasteiger partial charge in [0.25, 0.3) is 0 Å². The predicted octanol–water partition coefficient (Wildman–Crippen LogP) is 4.03. The second kappa shape index (κ2) is 13.4. The average Bonchev–Trinajstić information content (AvgIpc) is 3.68. The highest BCUT2D eigenvalue weighted by Crippen LogP contribution is 2.70. The summed E-state index contributed by atoms with van der Waals surface area (Å²) in [6, 6.07) is 1.63. The van der Waals surface area contributed by atoms with Gasteiger partial charge in [-0.3, -0.25) is 9.59 Å². The zero-order valence-electron chi connectivity index (χ0n) is 30.0. The molecule has 1 aromatic rings. The largest absolute Gasteiger partial charge is 0.481 e. The molecule has 12 atom stereocenters. The molecule has 13 heteroatoms. The topological polar surface area (TPSA) is 196 Å². The number of hydrogen-bond donors (Lipinski definition) is 3. The first-order valence-electron chi connectivity index (χ1n) is 17.3. The Morgan fingerprint density at radius 3 is 2.45 bits per heavy atom. The van der Waals surface area contributed by atoms with Crippen LogP contribution in [0.1, 0.15) is 79.2 Å². The fraction of sp³-hybridized carbons (Fsp3) is 0.605. The van der Waals surface area contributed by atoms with Gasteiger partial charge < -0.3 is 38.7 Å². The molecule has 3 fully saturated rings. The van der Waals surface area contributed by atoms with Crippen molar-refractivity contribution in [2.24, 2.45) is 34.5 Å². The van der Waals surface area contributed by atoms with E-state index in [-0.39, 0.29) is 30.6 Å². The Bertz CT molecular complexity index is 1660. The van der Waals surface area contributed by atoms with Gasteiger partial charge in [-0.2, -0.15) is 0 Å². The summed E-state index contributed by atoms with van der Waals surface area (Å²) in [6.45, 7) is 15.4. The zero-order valence-corrected chi connectivity index (χ0v) is 30.0. The Labute approximate surface area is 296 Å². The van der Waals surface area contributed by atoms with Crippen LogP contribution in [-0.2, 0) is 42.9 Å². The molecule has 0 spiro atoms. The van der Waals surface area contributed by atoms with Crippen LogP contribution in [0.2, 0.25) is 0 Å². The number of furan rings is 1. The van der Waals surface area contributed by atoms with Gasteiger partial charge in [0.2, 0.25) is 0 Å². The molecule has 2 saturated carbocycles. The third kappa shape index (κ3) is 5.82. The number of fused-ring (bicyclic) bond motifs is 2. The van der Waals surface area contributed by atoms with Gasteiger partial charge in [0.1, 0.15) is 35.9 Å². The van der Waals surface area contributed by atoms with Crippen molar-refractivity contribution >= 4 is 29.8 Å². The molecule has 0 amide bonds. The molecule has 0 bridgehead atoms. The lowest BCUT2D eigenvalue weighted by atomic mass is 9.45. The fourth-order valence-corrected chi connectivity index (χ4v) is 9.21. The van der Waals surface area contributed by atoms with Crippen LogP contribution in [0.15, 0.2) is 59.0 Å². The Balaban J connectivity index is 1.82. The number of aliphatic carboxylic acids is 1. The molecule has 51 heavy (non-hydrogen) atoms. The average molecular weight is 713 g/mol. The lowest BCUT2D eigenvalue weighted by Gasteiger charge is -2.61. The van der Waals surface area contributed by atoms with E-state index in [0.717, 1.165) is 6.08 Å². The number of ether oxygens (including phenoxy) is 4. The summed E-state index contributed by atoms with van der Waals surface area (Å²) in [5.41, 5.74) is -6.29. The molecule has 278 valence electrons. The number of aliphatic hydroxyl groups excluding tert-OH is 1. The van der Waals surface area contributed by atoms with Gasteiger partial charge in [-0.1, -0.05) is 52.8 Å². The number of carboxylic acids is 1. The van der Waals surface area contributed by atoms with E-state index in [1.165, 1.54) is 18.6 Å². The Morgan fingerprint density at radius 1 is 1.18 bits per heavy atom. The minimum atomic E-state index is -2.29. The third-order valence-corrected chi connectivity index (χ3v) is 12.5. The maximum atomic E-state index is 13.8. The van der Waals surface area contributed by atoms with E-state index in [1.807, 2.05) is 0 Å². The number of carboxylic acid groups (broad SMARTS) is 1. The minimum Gasteiger partial charge on any atom is -0.481 e. The smallest absolute Gasteiger partial charge is 0.335 e. The van der Waals surface area contributed by atoms with E-state index in [0.29, 0.717) is 12.0 Å². The highest BCUT2D eigenvalue weighted by Gasteiger charge is 2.77. The van der Waals surface area contributed by atoms with Gasteiger partial charge in [-0.25, -0.2) is 14.4 Å².